The summed E-state index contributed by atoms with van der Waals surface area (Å²) in [7, 11) is 1.74. The number of carbonyl (C=O) groups is 1. The molecule has 2 unspecified atom stereocenters. The molecule has 0 aliphatic heterocycles. The van der Waals surface area contributed by atoms with Crippen LogP contribution in [0, 0.1) is 12.8 Å². The van der Waals surface area contributed by atoms with Crippen LogP contribution in [-0.2, 0) is 11.8 Å². The van der Waals surface area contributed by atoms with E-state index >= 15 is 0 Å². The van der Waals surface area contributed by atoms with Gasteiger partial charge in [-0.2, -0.15) is 5.10 Å². The Kier molecular flexibility index (Phi) is 3.47. The second-order valence-electron chi connectivity index (χ2n) is 3.64. The highest BCUT2D eigenvalue weighted by Crippen LogP contribution is 2.26. The van der Waals surface area contributed by atoms with Crippen LogP contribution in [0.4, 0.5) is 0 Å². The molecule has 0 fully saturated rings. The number of hydrogen-bond donors (Lipinski definition) is 2. The third kappa shape index (κ3) is 2.36. The molecule has 2 N–H and O–H groups in total. The van der Waals surface area contributed by atoms with Crippen molar-refractivity contribution in [3.63, 3.8) is 0 Å². The van der Waals surface area contributed by atoms with Gasteiger partial charge in [0.25, 0.3) is 0 Å². The van der Waals surface area contributed by atoms with E-state index in [9.17, 15) is 9.90 Å². The van der Waals surface area contributed by atoms with E-state index in [1.54, 1.807) is 31.8 Å². The van der Waals surface area contributed by atoms with Crippen molar-refractivity contribution >= 4 is 5.97 Å². The fraction of sp³-hybridized carbons (Fsp3) is 0.600. The summed E-state index contributed by atoms with van der Waals surface area (Å²) >= 11 is 0. The average molecular weight is 212 g/mol. The molecule has 15 heavy (non-hydrogen) atoms. The van der Waals surface area contributed by atoms with Crippen molar-refractivity contribution in [3.05, 3.63) is 17.5 Å². The second kappa shape index (κ2) is 4.44. The van der Waals surface area contributed by atoms with Gasteiger partial charge in [0.05, 0.1) is 17.7 Å². The molecule has 1 rings (SSSR count). The van der Waals surface area contributed by atoms with E-state index in [0.717, 1.165) is 0 Å². The molecule has 1 heterocycles. The number of aliphatic hydroxyl groups excluding tert-OH is 1. The Balaban J connectivity index is 2.96. The van der Waals surface area contributed by atoms with Gasteiger partial charge in [0.2, 0.25) is 0 Å². The Morgan fingerprint density at radius 2 is 2.27 bits per heavy atom. The minimum Gasteiger partial charge on any atom is -0.481 e. The molecular formula is C10H16N2O3. The minimum absolute atomic E-state index is 0.394. The Labute approximate surface area is 88.3 Å². The fourth-order valence-electron chi connectivity index (χ4n) is 1.66. The molecule has 5 heteroatoms. The molecule has 2 atom stereocenters. The lowest BCUT2D eigenvalue weighted by Crippen LogP contribution is -2.21. The molecule has 5 nitrogen and oxygen atoms in total. The highest BCUT2D eigenvalue weighted by atomic mass is 16.4. The molecule has 0 saturated carbocycles. The molecule has 0 aliphatic carbocycles. The average Bonchev–Trinajstić information content (AvgIpc) is 2.45. The summed E-state index contributed by atoms with van der Waals surface area (Å²) in [5.41, 5.74) is 1.26. The molecule has 0 saturated heterocycles. The molecule has 0 spiro atoms. The van der Waals surface area contributed by atoms with Crippen LogP contribution in [0.25, 0.3) is 0 Å². The van der Waals surface area contributed by atoms with E-state index < -0.39 is 18.0 Å². The monoisotopic (exact) mass is 212 g/mol. The minimum atomic E-state index is -0.985. The predicted molar refractivity (Wildman–Crippen MR) is 54.3 cm³/mol. The van der Waals surface area contributed by atoms with Crippen LogP contribution in [0.2, 0.25) is 0 Å². The van der Waals surface area contributed by atoms with Crippen LogP contribution < -0.4 is 0 Å². The highest BCUT2D eigenvalue weighted by Gasteiger charge is 2.28. The molecule has 0 radical (unpaired) electrons. The summed E-state index contributed by atoms with van der Waals surface area (Å²) in [4.78, 5) is 10.9. The van der Waals surface area contributed by atoms with Gasteiger partial charge in [0, 0.05) is 18.8 Å². The zero-order chi connectivity index (χ0) is 11.6. The van der Waals surface area contributed by atoms with Crippen LogP contribution in [-0.4, -0.2) is 26.0 Å². The maximum Gasteiger partial charge on any atom is 0.309 e. The number of aryl methyl sites for hydroxylation is 2. The smallest absolute Gasteiger partial charge is 0.309 e. The van der Waals surface area contributed by atoms with Gasteiger partial charge in [-0.1, -0.05) is 6.92 Å². The molecule has 1 aromatic rings. The van der Waals surface area contributed by atoms with Gasteiger partial charge in [-0.15, -0.1) is 0 Å². The molecule has 0 aliphatic rings. The third-order valence-corrected chi connectivity index (χ3v) is 2.51. The van der Waals surface area contributed by atoms with E-state index in [1.807, 2.05) is 0 Å². The molecule has 0 aromatic carbocycles. The fourth-order valence-corrected chi connectivity index (χ4v) is 1.66. The van der Waals surface area contributed by atoms with Gasteiger partial charge < -0.3 is 10.2 Å². The van der Waals surface area contributed by atoms with Crippen LogP contribution in [0.3, 0.4) is 0 Å². The number of hydrogen-bond acceptors (Lipinski definition) is 3. The van der Waals surface area contributed by atoms with Crippen molar-refractivity contribution in [3.8, 4) is 0 Å². The first-order valence-electron chi connectivity index (χ1n) is 4.88. The van der Waals surface area contributed by atoms with Crippen LogP contribution in [0.1, 0.15) is 30.7 Å². The first-order chi connectivity index (χ1) is 6.97. The van der Waals surface area contributed by atoms with Crippen molar-refractivity contribution in [2.24, 2.45) is 13.0 Å². The second-order valence-corrected chi connectivity index (χ2v) is 3.64. The lowest BCUT2D eigenvalue weighted by atomic mass is 9.94. The number of aliphatic carboxylic acids is 1. The maximum atomic E-state index is 10.9. The maximum absolute atomic E-state index is 10.9. The first kappa shape index (κ1) is 11.7. The predicted octanol–water partition coefficient (Wildman–Crippen LogP) is 0.873. The van der Waals surface area contributed by atoms with Crippen LogP contribution >= 0.6 is 0 Å². The van der Waals surface area contributed by atoms with E-state index in [0.29, 0.717) is 17.7 Å². The summed E-state index contributed by atoms with van der Waals surface area (Å²) in [5, 5.41) is 22.9. The number of rotatable bonds is 4. The summed E-state index contributed by atoms with van der Waals surface area (Å²) < 4.78 is 1.57. The molecule has 84 valence electrons. The Hall–Kier alpha value is -1.36. The zero-order valence-corrected chi connectivity index (χ0v) is 9.14. The summed E-state index contributed by atoms with van der Waals surface area (Å²) in [6.45, 7) is 3.50. The van der Waals surface area contributed by atoms with Crippen molar-refractivity contribution in [1.82, 2.24) is 9.78 Å². The normalized spacial score (nSPS) is 14.9. The molecule has 0 amide bonds. The van der Waals surface area contributed by atoms with Crippen molar-refractivity contribution in [1.29, 1.82) is 0 Å². The quantitative estimate of drug-likeness (QED) is 0.776. The van der Waals surface area contributed by atoms with Crippen molar-refractivity contribution < 1.29 is 15.0 Å². The Bertz CT molecular complexity index is 360. The Morgan fingerprint density at radius 1 is 1.67 bits per heavy atom. The van der Waals surface area contributed by atoms with Gasteiger partial charge in [0.1, 0.15) is 0 Å². The van der Waals surface area contributed by atoms with E-state index in [1.165, 1.54) is 0 Å². The number of carboxylic acid groups (broad SMARTS) is 1. The van der Waals surface area contributed by atoms with Gasteiger partial charge in [-0.25, -0.2) is 0 Å². The van der Waals surface area contributed by atoms with E-state index in [2.05, 4.69) is 5.10 Å². The van der Waals surface area contributed by atoms with Crippen molar-refractivity contribution in [2.75, 3.05) is 0 Å². The lowest BCUT2D eigenvalue weighted by molar-refractivity contribution is -0.146. The summed E-state index contributed by atoms with van der Waals surface area (Å²) in [6.07, 6.45) is 1.07. The van der Waals surface area contributed by atoms with Gasteiger partial charge in [-0.3, -0.25) is 9.48 Å². The van der Waals surface area contributed by atoms with E-state index in [4.69, 9.17) is 5.11 Å². The van der Waals surface area contributed by atoms with Gasteiger partial charge in [0.15, 0.2) is 0 Å². The lowest BCUT2D eigenvalue weighted by Gasteiger charge is -2.16. The number of aliphatic hydroxyl groups is 1. The molecule has 0 bridgehead atoms. The molecule has 1 aromatic heterocycles. The van der Waals surface area contributed by atoms with Crippen LogP contribution in [0.15, 0.2) is 6.20 Å². The van der Waals surface area contributed by atoms with Crippen molar-refractivity contribution in [2.45, 2.75) is 26.4 Å². The third-order valence-electron chi connectivity index (χ3n) is 2.51. The zero-order valence-electron chi connectivity index (χ0n) is 9.14. The topological polar surface area (TPSA) is 75.3 Å². The van der Waals surface area contributed by atoms with Crippen LogP contribution in [0.5, 0.6) is 0 Å². The van der Waals surface area contributed by atoms with Gasteiger partial charge in [-0.05, 0) is 13.3 Å². The summed E-state index contributed by atoms with van der Waals surface area (Å²) in [5.74, 6) is -1.75. The highest BCUT2D eigenvalue weighted by molar-refractivity contribution is 5.71. The SMILES string of the molecule is CCC(C(=O)O)C(O)c1cn(C)nc1C. The summed E-state index contributed by atoms with van der Waals surface area (Å²) in [6, 6.07) is 0. The standard InChI is InChI=1S/C10H16N2O3/c1-4-7(10(14)15)9(13)8-5-12(3)11-6(8)2/h5,7,9,13H,4H2,1-3H3,(H,14,15). The number of nitrogens with zero attached hydrogens (tertiary/aromatic N) is 2. The first-order valence-corrected chi connectivity index (χ1v) is 4.88. The Morgan fingerprint density at radius 3 is 2.60 bits per heavy atom. The molecular weight excluding hydrogens is 196 g/mol. The van der Waals surface area contributed by atoms with E-state index in [-0.39, 0.29) is 0 Å². The number of carboxylic acids is 1. The number of aromatic nitrogens is 2. The largest absolute Gasteiger partial charge is 0.481 e. The van der Waals surface area contributed by atoms with Gasteiger partial charge >= 0.3 is 5.97 Å².